The van der Waals surface area contributed by atoms with Gasteiger partial charge in [-0.1, -0.05) is 36.4 Å². The first-order chi connectivity index (χ1) is 15.1. The summed E-state index contributed by atoms with van der Waals surface area (Å²) < 4.78 is 15.2. The number of alkyl carbamates (subject to hydrolysis) is 1. The molecule has 0 heterocycles. The normalized spacial score (nSPS) is 11.3. The third-order valence-electron chi connectivity index (χ3n) is 4.05. The lowest BCUT2D eigenvalue weighted by atomic mass is 10.1. The zero-order valence-electron chi connectivity index (χ0n) is 18.9. The Morgan fingerprint density at radius 2 is 1.69 bits per heavy atom. The van der Waals surface area contributed by atoms with E-state index in [1.165, 1.54) is 13.2 Å². The first-order valence-corrected chi connectivity index (χ1v) is 9.96. The van der Waals surface area contributed by atoms with E-state index in [1.54, 1.807) is 45.9 Å². The van der Waals surface area contributed by atoms with Gasteiger partial charge in [0.2, 0.25) is 0 Å². The molecule has 0 saturated heterocycles. The lowest BCUT2D eigenvalue weighted by molar-refractivity contribution is -0.136. The molecule has 0 aliphatic rings. The summed E-state index contributed by atoms with van der Waals surface area (Å²) in [6.45, 7) is 7.19. The van der Waals surface area contributed by atoms with Gasteiger partial charge in [0.1, 0.15) is 17.9 Å². The number of rotatable bonds is 6. The van der Waals surface area contributed by atoms with Crippen LogP contribution in [0.3, 0.4) is 0 Å². The molecule has 8 nitrogen and oxygen atoms in total. The molecule has 0 aromatic heterocycles. The third kappa shape index (κ3) is 8.14. The van der Waals surface area contributed by atoms with Crippen molar-refractivity contribution in [2.75, 3.05) is 12.4 Å². The minimum Gasteiger partial charge on any atom is -0.464 e. The molecule has 0 unspecified atom stereocenters. The Morgan fingerprint density at radius 1 is 1.00 bits per heavy atom. The van der Waals surface area contributed by atoms with E-state index in [0.29, 0.717) is 11.3 Å². The molecular weight excluding hydrogens is 412 g/mol. The van der Waals surface area contributed by atoms with E-state index in [-0.39, 0.29) is 12.3 Å². The summed E-state index contributed by atoms with van der Waals surface area (Å²) in [5, 5.41) is 5.10. The fourth-order valence-corrected chi connectivity index (χ4v) is 2.62. The molecule has 0 spiro atoms. The van der Waals surface area contributed by atoms with Gasteiger partial charge in [0.15, 0.2) is 0 Å². The van der Waals surface area contributed by atoms with Crippen LogP contribution >= 0.6 is 0 Å². The van der Waals surface area contributed by atoms with Crippen LogP contribution in [0.1, 0.15) is 37.5 Å². The highest BCUT2D eigenvalue weighted by molar-refractivity contribution is 5.97. The van der Waals surface area contributed by atoms with E-state index >= 15 is 0 Å². The summed E-state index contributed by atoms with van der Waals surface area (Å²) in [5.41, 5.74) is 2.03. The van der Waals surface area contributed by atoms with Crippen molar-refractivity contribution in [3.8, 4) is 0 Å². The lowest BCUT2D eigenvalue weighted by Gasteiger charge is -2.20. The zero-order chi connectivity index (χ0) is 23.7. The fraction of sp³-hybridized carbons (Fsp3) is 0.292. The van der Waals surface area contributed by atoms with E-state index in [2.05, 4.69) is 10.6 Å². The summed E-state index contributed by atoms with van der Waals surface area (Å²) >= 11 is 0. The van der Waals surface area contributed by atoms with Crippen molar-refractivity contribution in [3.05, 3.63) is 70.9 Å². The number of carbonyl (C=O) groups excluding carboxylic acids is 3. The predicted octanol–water partition coefficient (Wildman–Crippen LogP) is 4.78. The van der Waals surface area contributed by atoms with Gasteiger partial charge in [0.05, 0.1) is 7.11 Å². The Bertz CT molecular complexity index is 993. The molecule has 0 aliphatic carbocycles. The maximum Gasteiger partial charge on any atom is 0.412 e. The Balaban J connectivity index is 2.10. The van der Waals surface area contributed by atoms with Crippen LogP contribution in [0, 0.1) is 6.92 Å². The molecule has 2 N–H and O–H groups in total. The molecule has 2 aromatic rings. The van der Waals surface area contributed by atoms with Crippen molar-refractivity contribution in [2.45, 2.75) is 39.9 Å². The topological polar surface area (TPSA) is 103 Å². The van der Waals surface area contributed by atoms with Gasteiger partial charge in [-0.25, -0.2) is 14.4 Å². The Morgan fingerprint density at radius 3 is 2.28 bits per heavy atom. The molecule has 0 atom stereocenters. The number of esters is 1. The zero-order valence-corrected chi connectivity index (χ0v) is 18.9. The Kier molecular flexibility index (Phi) is 8.40. The average Bonchev–Trinajstić information content (AvgIpc) is 2.72. The molecule has 8 heteroatoms. The summed E-state index contributed by atoms with van der Waals surface area (Å²) in [4.78, 5) is 36.3. The number of benzene rings is 2. The van der Waals surface area contributed by atoms with Crippen LogP contribution in [0.25, 0.3) is 6.08 Å². The molecule has 0 radical (unpaired) electrons. The smallest absolute Gasteiger partial charge is 0.412 e. The average molecular weight is 440 g/mol. The number of hydrogen-bond donors (Lipinski definition) is 2. The van der Waals surface area contributed by atoms with Crippen LogP contribution in [0.2, 0.25) is 0 Å². The first-order valence-electron chi connectivity index (χ1n) is 9.96. The second-order valence-corrected chi connectivity index (χ2v) is 7.94. The SMILES string of the molecule is COC(=O)/C(=C/c1ccc(NC(=O)OC(C)(C)C)c(C)c1)NC(=O)OCc1ccccc1. The summed E-state index contributed by atoms with van der Waals surface area (Å²) in [5.74, 6) is -0.727. The fourth-order valence-electron chi connectivity index (χ4n) is 2.62. The number of amides is 2. The molecule has 2 aromatic carbocycles. The molecule has 0 bridgehead atoms. The minimum atomic E-state index is -0.787. The maximum atomic E-state index is 12.2. The monoisotopic (exact) mass is 440 g/mol. The Labute approximate surface area is 187 Å². The number of ether oxygens (including phenoxy) is 3. The second kappa shape index (κ2) is 11.0. The lowest BCUT2D eigenvalue weighted by Crippen LogP contribution is -2.28. The summed E-state index contributed by atoms with van der Waals surface area (Å²) in [7, 11) is 1.21. The van der Waals surface area contributed by atoms with Gasteiger partial charge in [-0.05, 0) is 62.6 Å². The van der Waals surface area contributed by atoms with Crippen LogP contribution < -0.4 is 10.6 Å². The standard InChI is InChI=1S/C24H28N2O6/c1-16-13-18(11-12-19(16)25-23(29)32-24(2,3)4)14-20(21(27)30-5)26-22(28)31-15-17-9-7-6-8-10-17/h6-14H,15H2,1-5H3,(H,25,29)(H,26,28)/b20-14-. The summed E-state index contributed by atoms with van der Waals surface area (Å²) in [6, 6.07) is 14.3. The highest BCUT2D eigenvalue weighted by Gasteiger charge is 2.17. The van der Waals surface area contributed by atoms with Gasteiger partial charge in [0, 0.05) is 5.69 Å². The van der Waals surface area contributed by atoms with Gasteiger partial charge in [-0.3, -0.25) is 10.6 Å². The highest BCUT2D eigenvalue weighted by atomic mass is 16.6. The van der Waals surface area contributed by atoms with E-state index in [4.69, 9.17) is 14.2 Å². The van der Waals surface area contributed by atoms with Gasteiger partial charge in [-0.2, -0.15) is 0 Å². The van der Waals surface area contributed by atoms with Crippen molar-refractivity contribution >= 4 is 29.9 Å². The van der Waals surface area contributed by atoms with E-state index in [0.717, 1.165) is 11.1 Å². The third-order valence-corrected chi connectivity index (χ3v) is 4.05. The van der Waals surface area contributed by atoms with Gasteiger partial charge < -0.3 is 14.2 Å². The Hall–Kier alpha value is -3.81. The number of methoxy groups -OCH3 is 1. The first kappa shape index (κ1) is 24.5. The maximum absolute atomic E-state index is 12.2. The molecular formula is C24H28N2O6. The van der Waals surface area contributed by atoms with E-state index in [9.17, 15) is 14.4 Å². The number of nitrogens with one attached hydrogen (secondary N) is 2. The quantitative estimate of drug-likeness (QED) is 0.381. The van der Waals surface area contributed by atoms with Crippen molar-refractivity contribution in [1.82, 2.24) is 5.32 Å². The number of aryl methyl sites for hydroxylation is 1. The number of hydrogen-bond acceptors (Lipinski definition) is 6. The van der Waals surface area contributed by atoms with Crippen LogP contribution in [-0.2, 0) is 25.6 Å². The highest BCUT2D eigenvalue weighted by Crippen LogP contribution is 2.20. The van der Waals surface area contributed by atoms with Crippen molar-refractivity contribution in [1.29, 1.82) is 0 Å². The van der Waals surface area contributed by atoms with Crippen LogP contribution in [0.5, 0.6) is 0 Å². The summed E-state index contributed by atoms with van der Waals surface area (Å²) in [6.07, 6.45) is 0.104. The van der Waals surface area contributed by atoms with E-state index in [1.807, 2.05) is 30.3 Å². The van der Waals surface area contributed by atoms with Crippen LogP contribution in [0.4, 0.5) is 15.3 Å². The van der Waals surface area contributed by atoms with E-state index < -0.39 is 23.8 Å². The van der Waals surface area contributed by atoms with Crippen molar-refractivity contribution in [3.63, 3.8) is 0 Å². The van der Waals surface area contributed by atoms with Crippen LogP contribution in [0.15, 0.2) is 54.2 Å². The minimum absolute atomic E-state index is 0.0608. The second-order valence-electron chi connectivity index (χ2n) is 7.94. The largest absolute Gasteiger partial charge is 0.464 e. The van der Waals surface area contributed by atoms with Gasteiger partial charge in [-0.15, -0.1) is 0 Å². The molecule has 0 fully saturated rings. The van der Waals surface area contributed by atoms with Gasteiger partial charge in [0.25, 0.3) is 0 Å². The number of anilines is 1. The molecule has 170 valence electrons. The molecule has 0 aliphatic heterocycles. The molecule has 32 heavy (non-hydrogen) atoms. The van der Waals surface area contributed by atoms with Crippen molar-refractivity contribution in [2.24, 2.45) is 0 Å². The van der Waals surface area contributed by atoms with Crippen molar-refractivity contribution < 1.29 is 28.6 Å². The molecule has 0 saturated carbocycles. The predicted molar refractivity (Wildman–Crippen MR) is 121 cm³/mol. The number of carbonyl (C=O) groups is 3. The molecule has 2 rings (SSSR count). The van der Waals surface area contributed by atoms with Crippen LogP contribution in [-0.4, -0.2) is 30.9 Å². The molecule has 2 amide bonds. The van der Waals surface area contributed by atoms with Gasteiger partial charge >= 0.3 is 18.2 Å².